The number of benzene rings is 1. The van der Waals surface area contributed by atoms with Crippen LogP contribution in [0, 0.1) is 11.7 Å². The number of halogens is 2. The van der Waals surface area contributed by atoms with E-state index in [0.29, 0.717) is 6.04 Å². The summed E-state index contributed by atoms with van der Waals surface area (Å²) < 4.78 is 14.8. The molecule has 1 aliphatic rings. The predicted molar refractivity (Wildman–Crippen MR) is 81.8 cm³/mol. The molecule has 0 radical (unpaired) electrons. The molecule has 1 aliphatic carbocycles. The van der Waals surface area contributed by atoms with Crippen LogP contribution >= 0.6 is 15.9 Å². The molecular weight excluding hydrogens is 305 g/mol. The van der Waals surface area contributed by atoms with E-state index in [4.69, 9.17) is 0 Å². The van der Waals surface area contributed by atoms with Crippen molar-refractivity contribution in [2.45, 2.75) is 51.0 Å². The van der Waals surface area contributed by atoms with E-state index in [-0.39, 0.29) is 5.82 Å². The van der Waals surface area contributed by atoms with Gasteiger partial charge in [0.25, 0.3) is 0 Å². The second-order valence-electron chi connectivity index (χ2n) is 5.67. The van der Waals surface area contributed by atoms with Crippen LogP contribution in [0.15, 0.2) is 22.7 Å². The van der Waals surface area contributed by atoms with Gasteiger partial charge in [0.15, 0.2) is 0 Å². The minimum absolute atomic E-state index is 0.0907. The highest BCUT2D eigenvalue weighted by Crippen LogP contribution is 2.28. The van der Waals surface area contributed by atoms with Crippen molar-refractivity contribution in [1.29, 1.82) is 0 Å². The molecule has 1 saturated carbocycles. The maximum atomic E-state index is 13.8. The predicted octanol–water partition coefficient (Wildman–Crippen LogP) is 4.69. The van der Waals surface area contributed by atoms with Crippen LogP contribution < -0.4 is 5.32 Å². The van der Waals surface area contributed by atoms with Crippen molar-refractivity contribution in [1.82, 2.24) is 5.32 Å². The highest BCUT2D eigenvalue weighted by molar-refractivity contribution is 9.10. The molecule has 0 aromatic heterocycles. The minimum Gasteiger partial charge on any atom is -0.317 e. The number of hydrogen-bond donors (Lipinski definition) is 1. The van der Waals surface area contributed by atoms with E-state index in [2.05, 4.69) is 21.2 Å². The highest BCUT2D eigenvalue weighted by Gasteiger charge is 2.19. The van der Waals surface area contributed by atoms with Crippen molar-refractivity contribution in [3.63, 3.8) is 0 Å². The molecule has 1 aromatic carbocycles. The highest BCUT2D eigenvalue weighted by atomic mass is 79.9. The van der Waals surface area contributed by atoms with E-state index in [1.165, 1.54) is 38.5 Å². The molecular formula is C16H23BrFN. The Morgan fingerprint density at radius 1 is 1.32 bits per heavy atom. The summed E-state index contributed by atoms with van der Waals surface area (Å²) in [6.45, 7) is 0. The largest absolute Gasteiger partial charge is 0.317 e. The molecule has 0 heterocycles. The third kappa shape index (κ3) is 4.57. The molecule has 2 rings (SSSR count). The molecule has 1 atom stereocenters. The molecule has 0 bridgehead atoms. The molecule has 0 saturated heterocycles. The fraction of sp³-hybridized carbons (Fsp3) is 0.625. The Labute approximate surface area is 124 Å². The molecule has 0 spiro atoms. The van der Waals surface area contributed by atoms with Gasteiger partial charge in [0.05, 0.1) is 0 Å². The molecule has 1 nitrogen and oxygen atoms in total. The quantitative estimate of drug-likeness (QED) is 0.827. The fourth-order valence-corrected chi connectivity index (χ4v) is 3.50. The number of nitrogens with one attached hydrogen (secondary N) is 1. The van der Waals surface area contributed by atoms with Crippen molar-refractivity contribution in [3.05, 3.63) is 34.1 Å². The maximum absolute atomic E-state index is 13.8. The molecule has 0 amide bonds. The maximum Gasteiger partial charge on any atom is 0.126 e. The zero-order valence-corrected chi connectivity index (χ0v) is 13.2. The van der Waals surface area contributed by atoms with Crippen LogP contribution in [0.25, 0.3) is 0 Å². The Hall–Kier alpha value is -0.410. The average Bonchev–Trinajstić information content (AvgIpc) is 2.43. The van der Waals surface area contributed by atoms with E-state index in [1.54, 1.807) is 12.1 Å². The van der Waals surface area contributed by atoms with Gasteiger partial charge in [0.1, 0.15) is 5.82 Å². The molecule has 106 valence electrons. The monoisotopic (exact) mass is 327 g/mol. The summed E-state index contributed by atoms with van der Waals surface area (Å²) in [5.41, 5.74) is 0.810. The summed E-state index contributed by atoms with van der Waals surface area (Å²) in [4.78, 5) is 0. The zero-order valence-electron chi connectivity index (χ0n) is 11.6. The van der Waals surface area contributed by atoms with Gasteiger partial charge < -0.3 is 5.32 Å². The molecule has 0 aliphatic heterocycles. The molecule has 3 heteroatoms. The Kier molecular flexibility index (Phi) is 5.83. The minimum atomic E-state index is -0.0907. The van der Waals surface area contributed by atoms with Crippen LogP contribution in [0.4, 0.5) is 4.39 Å². The fourth-order valence-electron chi connectivity index (χ4n) is 3.09. The van der Waals surface area contributed by atoms with Crippen molar-refractivity contribution >= 4 is 15.9 Å². The van der Waals surface area contributed by atoms with E-state index in [1.807, 2.05) is 13.1 Å². The van der Waals surface area contributed by atoms with Crippen molar-refractivity contribution in [2.24, 2.45) is 5.92 Å². The van der Waals surface area contributed by atoms with Gasteiger partial charge in [-0.25, -0.2) is 4.39 Å². The van der Waals surface area contributed by atoms with Crippen LogP contribution in [0.1, 0.15) is 44.1 Å². The first-order chi connectivity index (χ1) is 9.19. The number of hydrogen-bond acceptors (Lipinski definition) is 1. The van der Waals surface area contributed by atoms with Crippen LogP contribution in [-0.2, 0) is 6.42 Å². The molecule has 1 N–H and O–H groups in total. The van der Waals surface area contributed by atoms with Crippen LogP contribution in [0.2, 0.25) is 0 Å². The summed E-state index contributed by atoms with van der Waals surface area (Å²) in [6.07, 6.45) is 8.76. The summed E-state index contributed by atoms with van der Waals surface area (Å²) in [6, 6.07) is 5.59. The second kappa shape index (κ2) is 7.39. The summed E-state index contributed by atoms with van der Waals surface area (Å²) in [7, 11) is 1.99. The van der Waals surface area contributed by atoms with Crippen molar-refractivity contribution in [3.8, 4) is 0 Å². The Morgan fingerprint density at radius 3 is 2.74 bits per heavy atom. The lowest BCUT2D eigenvalue weighted by Gasteiger charge is -2.26. The lowest BCUT2D eigenvalue weighted by molar-refractivity contribution is 0.302. The molecule has 1 unspecified atom stereocenters. The first-order valence-electron chi connectivity index (χ1n) is 7.30. The lowest BCUT2D eigenvalue weighted by atomic mass is 9.83. The van der Waals surface area contributed by atoms with Crippen LogP contribution in [0.5, 0.6) is 0 Å². The summed E-state index contributed by atoms with van der Waals surface area (Å²) in [5, 5.41) is 3.36. The SMILES string of the molecule is CNC(Cc1cc(Br)ccc1F)CC1CCCCC1. The Bertz CT molecular complexity index is 402. The standard InChI is InChI=1S/C16H23BrFN/c1-19-15(9-12-5-3-2-4-6-12)11-13-10-14(17)7-8-16(13)18/h7-8,10,12,15,19H,2-6,9,11H2,1H3. The Morgan fingerprint density at radius 2 is 2.05 bits per heavy atom. The van der Waals surface area contributed by atoms with E-state index in [0.717, 1.165) is 22.4 Å². The van der Waals surface area contributed by atoms with Gasteiger partial charge in [-0.05, 0) is 49.6 Å². The zero-order chi connectivity index (χ0) is 13.7. The van der Waals surface area contributed by atoms with E-state index in [9.17, 15) is 4.39 Å². The van der Waals surface area contributed by atoms with E-state index >= 15 is 0 Å². The van der Waals surface area contributed by atoms with Gasteiger partial charge in [-0.3, -0.25) is 0 Å². The van der Waals surface area contributed by atoms with Crippen LogP contribution in [0.3, 0.4) is 0 Å². The smallest absolute Gasteiger partial charge is 0.126 e. The van der Waals surface area contributed by atoms with Gasteiger partial charge in [-0.2, -0.15) is 0 Å². The van der Waals surface area contributed by atoms with Crippen molar-refractivity contribution < 1.29 is 4.39 Å². The van der Waals surface area contributed by atoms with Gasteiger partial charge in [-0.1, -0.05) is 48.0 Å². The van der Waals surface area contributed by atoms with Gasteiger partial charge >= 0.3 is 0 Å². The second-order valence-corrected chi connectivity index (χ2v) is 6.58. The van der Waals surface area contributed by atoms with E-state index < -0.39 is 0 Å². The molecule has 1 fully saturated rings. The summed E-state index contributed by atoms with van der Waals surface area (Å²) in [5.74, 6) is 0.730. The number of rotatable bonds is 5. The van der Waals surface area contributed by atoms with Gasteiger partial charge in [-0.15, -0.1) is 0 Å². The Balaban J connectivity index is 1.95. The average molecular weight is 328 g/mol. The third-order valence-corrected chi connectivity index (χ3v) is 4.72. The molecule has 1 aromatic rings. The topological polar surface area (TPSA) is 12.0 Å². The lowest BCUT2D eigenvalue weighted by Crippen LogP contribution is -2.31. The van der Waals surface area contributed by atoms with Crippen molar-refractivity contribution in [2.75, 3.05) is 7.05 Å². The van der Waals surface area contributed by atoms with Gasteiger partial charge in [0.2, 0.25) is 0 Å². The molecule has 19 heavy (non-hydrogen) atoms. The third-order valence-electron chi connectivity index (χ3n) is 4.22. The summed E-state index contributed by atoms with van der Waals surface area (Å²) >= 11 is 3.42. The van der Waals surface area contributed by atoms with Gasteiger partial charge in [0, 0.05) is 10.5 Å². The normalized spacial score (nSPS) is 18.5. The van der Waals surface area contributed by atoms with Crippen LogP contribution in [-0.4, -0.2) is 13.1 Å². The first-order valence-corrected chi connectivity index (χ1v) is 8.09. The first kappa shape index (κ1) is 15.0. The number of likely N-dealkylation sites (N-methyl/N-ethyl adjacent to an activating group) is 1.